The lowest BCUT2D eigenvalue weighted by molar-refractivity contribution is -0.113. The van der Waals surface area contributed by atoms with E-state index in [0.29, 0.717) is 5.69 Å². The van der Waals surface area contributed by atoms with Crippen molar-refractivity contribution in [2.75, 3.05) is 11.1 Å². The van der Waals surface area contributed by atoms with Gasteiger partial charge in [0.15, 0.2) is 0 Å². The van der Waals surface area contributed by atoms with Crippen molar-refractivity contribution in [3.63, 3.8) is 0 Å². The second-order valence-electron chi connectivity index (χ2n) is 4.95. The molecule has 0 heterocycles. The maximum atomic E-state index is 12.1. The van der Waals surface area contributed by atoms with E-state index in [1.54, 1.807) is 19.1 Å². The maximum Gasteiger partial charge on any atom is 0.337 e. The molecule has 2 rings (SSSR count). The third kappa shape index (κ3) is 4.11. The summed E-state index contributed by atoms with van der Waals surface area (Å²) < 4.78 is 0. The number of aryl methyl sites for hydroxylation is 2. The quantitative estimate of drug-likeness (QED) is 0.825. The third-order valence-electron chi connectivity index (χ3n) is 3.16. The molecule has 0 atom stereocenters. The van der Waals surface area contributed by atoms with E-state index < -0.39 is 5.97 Å². The lowest BCUT2D eigenvalue weighted by atomic mass is 10.1. The second kappa shape index (κ2) is 7.13. The number of carbonyl (C=O) groups is 2. The molecule has 0 bridgehead atoms. The Kier molecular flexibility index (Phi) is 5.22. The number of rotatable bonds is 5. The van der Waals surface area contributed by atoms with Gasteiger partial charge in [0.05, 0.1) is 17.0 Å². The summed E-state index contributed by atoms with van der Waals surface area (Å²) >= 11 is 1.42. The SMILES string of the molecule is Cc1ccc(SCC(=O)Nc2c(C)cccc2C(=O)O)cc1. The molecule has 0 aliphatic carbocycles. The molecule has 1 amide bonds. The number of carbonyl (C=O) groups excluding carboxylic acids is 1. The summed E-state index contributed by atoms with van der Waals surface area (Å²) in [6.07, 6.45) is 0. The topological polar surface area (TPSA) is 66.4 Å². The number of anilines is 1. The molecule has 0 radical (unpaired) electrons. The van der Waals surface area contributed by atoms with Gasteiger partial charge in [-0.2, -0.15) is 0 Å². The summed E-state index contributed by atoms with van der Waals surface area (Å²) in [5, 5.41) is 11.9. The first-order valence-corrected chi connectivity index (χ1v) is 7.78. The number of carboxylic acids is 1. The van der Waals surface area contributed by atoms with Gasteiger partial charge in [0.1, 0.15) is 0 Å². The first-order valence-electron chi connectivity index (χ1n) is 6.79. The van der Waals surface area contributed by atoms with Crippen LogP contribution in [0.1, 0.15) is 21.5 Å². The van der Waals surface area contributed by atoms with Crippen molar-refractivity contribution < 1.29 is 14.7 Å². The van der Waals surface area contributed by atoms with Crippen LogP contribution in [0.3, 0.4) is 0 Å². The van der Waals surface area contributed by atoms with Crippen molar-refractivity contribution in [3.8, 4) is 0 Å². The van der Waals surface area contributed by atoms with Crippen LogP contribution < -0.4 is 5.32 Å². The maximum absolute atomic E-state index is 12.1. The van der Waals surface area contributed by atoms with Crippen molar-refractivity contribution in [2.24, 2.45) is 0 Å². The fourth-order valence-corrected chi connectivity index (χ4v) is 2.67. The summed E-state index contributed by atoms with van der Waals surface area (Å²) in [4.78, 5) is 24.3. The minimum Gasteiger partial charge on any atom is -0.478 e. The van der Waals surface area contributed by atoms with Gasteiger partial charge in [-0.1, -0.05) is 29.8 Å². The molecule has 4 nitrogen and oxygen atoms in total. The Labute approximate surface area is 133 Å². The van der Waals surface area contributed by atoms with E-state index in [1.807, 2.05) is 31.2 Å². The Bertz CT molecular complexity index is 696. The molecule has 0 aliphatic rings. The highest BCUT2D eigenvalue weighted by Crippen LogP contribution is 2.22. The first-order chi connectivity index (χ1) is 10.5. The van der Waals surface area contributed by atoms with Crippen LogP contribution in [0.15, 0.2) is 47.4 Å². The molecule has 5 heteroatoms. The molecule has 2 aromatic carbocycles. The normalized spacial score (nSPS) is 10.3. The highest BCUT2D eigenvalue weighted by atomic mass is 32.2. The largest absolute Gasteiger partial charge is 0.478 e. The number of aromatic carboxylic acids is 1. The molecule has 0 aromatic heterocycles. The average molecular weight is 315 g/mol. The van der Waals surface area contributed by atoms with Crippen LogP contribution in [0.2, 0.25) is 0 Å². The zero-order chi connectivity index (χ0) is 16.1. The van der Waals surface area contributed by atoms with E-state index in [2.05, 4.69) is 5.32 Å². The number of amides is 1. The van der Waals surface area contributed by atoms with Gasteiger partial charge < -0.3 is 10.4 Å². The zero-order valence-corrected chi connectivity index (χ0v) is 13.2. The molecule has 0 saturated heterocycles. The highest BCUT2D eigenvalue weighted by Gasteiger charge is 2.14. The molecule has 2 aromatic rings. The Hall–Kier alpha value is -2.27. The molecule has 2 N–H and O–H groups in total. The van der Waals surface area contributed by atoms with Gasteiger partial charge in [-0.05, 0) is 37.6 Å². The van der Waals surface area contributed by atoms with E-state index in [-0.39, 0.29) is 17.2 Å². The summed E-state index contributed by atoms with van der Waals surface area (Å²) in [5.74, 6) is -1.04. The number of carboxylic acid groups (broad SMARTS) is 1. The predicted molar refractivity (Wildman–Crippen MR) is 88.7 cm³/mol. The van der Waals surface area contributed by atoms with E-state index in [0.717, 1.165) is 10.5 Å². The van der Waals surface area contributed by atoms with Crippen molar-refractivity contribution in [1.82, 2.24) is 0 Å². The Morgan fingerprint density at radius 1 is 1.09 bits per heavy atom. The Morgan fingerprint density at radius 3 is 2.41 bits per heavy atom. The number of hydrogen-bond donors (Lipinski definition) is 2. The fraction of sp³-hybridized carbons (Fsp3) is 0.176. The minimum atomic E-state index is -1.05. The predicted octanol–water partition coefficient (Wildman–Crippen LogP) is 3.73. The van der Waals surface area contributed by atoms with Gasteiger partial charge in [0.25, 0.3) is 0 Å². The average Bonchev–Trinajstić information content (AvgIpc) is 2.48. The van der Waals surface area contributed by atoms with Crippen LogP contribution in [-0.4, -0.2) is 22.7 Å². The van der Waals surface area contributed by atoms with E-state index >= 15 is 0 Å². The second-order valence-corrected chi connectivity index (χ2v) is 6.00. The molecule has 0 saturated carbocycles. The van der Waals surface area contributed by atoms with E-state index in [1.165, 1.54) is 23.4 Å². The van der Waals surface area contributed by atoms with Crippen LogP contribution >= 0.6 is 11.8 Å². The minimum absolute atomic E-state index is 0.105. The summed E-state index contributed by atoms with van der Waals surface area (Å²) in [7, 11) is 0. The van der Waals surface area contributed by atoms with Gasteiger partial charge >= 0.3 is 5.97 Å². The van der Waals surface area contributed by atoms with E-state index in [4.69, 9.17) is 0 Å². The van der Waals surface area contributed by atoms with Crippen molar-refractivity contribution in [2.45, 2.75) is 18.7 Å². The summed E-state index contributed by atoms with van der Waals surface area (Å²) in [6, 6.07) is 12.8. The van der Waals surface area contributed by atoms with Crippen LogP contribution in [0.5, 0.6) is 0 Å². The summed E-state index contributed by atoms with van der Waals surface area (Å²) in [6.45, 7) is 3.78. The third-order valence-corrected chi connectivity index (χ3v) is 4.17. The fourth-order valence-electron chi connectivity index (χ4n) is 1.97. The molecule has 22 heavy (non-hydrogen) atoms. The standard InChI is InChI=1S/C17H17NO3S/c1-11-6-8-13(9-7-11)22-10-15(19)18-16-12(2)4-3-5-14(16)17(20)21/h3-9H,10H2,1-2H3,(H,18,19)(H,20,21). The molecule has 0 spiro atoms. The lowest BCUT2D eigenvalue weighted by Gasteiger charge is -2.11. The van der Waals surface area contributed by atoms with Crippen molar-refractivity contribution >= 4 is 29.3 Å². The molecular weight excluding hydrogens is 298 g/mol. The number of hydrogen-bond acceptors (Lipinski definition) is 3. The Balaban J connectivity index is 2.03. The summed E-state index contributed by atoms with van der Waals surface area (Å²) in [5.41, 5.74) is 2.37. The van der Waals surface area contributed by atoms with Crippen LogP contribution in [0.4, 0.5) is 5.69 Å². The molecule has 0 unspecified atom stereocenters. The van der Waals surface area contributed by atoms with Crippen LogP contribution in [0.25, 0.3) is 0 Å². The monoisotopic (exact) mass is 315 g/mol. The van der Waals surface area contributed by atoms with Gasteiger partial charge in [-0.3, -0.25) is 4.79 Å². The molecule has 0 aliphatic heterocycles. The molecule has 114 valence electrons. The van der Waals surface area contributed by atoms with Gasteiger partial charge in [-0.25, -0.2) is 4.79 Å². The van der Waals surface area contributed by atoms with Crippen LogP contribution in [0, 0.1) is 13.8 Å². The number of nitrogens with one attached hydrogen (secondary N) is 1. The smallest absolute Gasteiger partial charge is 0.337 e. The van der Waals surface area contributed by atoms with Crippen LogP contribution in [-0.2, 0) is 4.79 Å². The highest BCUT2D eigenvalue weighted by molar-refractivity contribution is 8.00. The van der Waals surface area contributed by atoms with E-state index in [9.17, 15) is 14.7 Å². The van der Waals surface area contributed by atoms with Crippen molar-refractivity contribution in [3.05, 3.63) is 59.2 Å². The Morgan fingerprint density at radius 2 is 1.77 bits per heavy atom. The number of thioether (sulfide) groups is 1. The van der Waals surface area contributed by atoms with Gasteiger partial charge in [0.2, 0.25) is 5.91 Å². The van der Waals surface area contributed by atoms with Gasteiger partial charge in [-0.15, -0.1) is 11.8 Å². The number of benzene rings is 2. The molecular formula is C17H17NO3S. The molecule has 0 fully saturated rings. The zero-order valence-electron chi connectivity index (χ0n) is 12.4. The van der Waals surface area contributed by atoms with Gasteiger partial charge in [0, 0.05) is 4.90 Å². The first kappa shape index (κ1) is 16.1. The van der Waals surface area contributed by atoms with Crippen molar-refractivity contribution in [1.29, 1.82) is 0 Å². The lowest BCUT2D eigenvalue weighted by Crippen LogP contribution is -2.17. The number of para-hydroxylation sites is 1.